The molecule has 104 valence electrons. The fourth-order valence-electron chi connectivity index (χ4n) is 1.86. The van der Waals surface area contributed by atoms with Crippen LogP contribution in [0.5, 0.6) is 0 Å². The van der Waals surface area contributed by atoms with E-state index in [2.05, 4.69) is 15.3 Å². The van der Waals surface area contributed by atoms with E-state index in [0.29, 0.717) is 13.0 Å². The van der Waals surface area contributed by atoms with Gasteiger partial charge in [0, 0.05) is 19.6 Å². The van der Waals surface area contributed by atoms with E-state index in [4.69, 9.17) is 16.3 Å². The molecule has 2 heterocycles. The smallest absolute Gasteiger partial charge is 0.332 e. The molecule has 1 aromatic heterocycles. The Hall–Kier alpha value is -1.51. The van der Waals surface area contributed by atoms with Crippen molar-refractivity contribution >= 4 is 23.1 Å². The summed E-state index contributed by atoms with van der Waals surface area (Å²) in [7, 11) is 0. The van der Waals surface area contributed by atoms with Crippen molar-refractivity contribution in [1.82, 2.24) is 9.97 Å². The van der Waals surface area contributed by atoms with E-state index in [-0.39, 0.29) is 35.6 Å². The quantitative estimate of drug-likeness (QED) is 0.481. The van der Waals surface area contributed by atoms with E-state index in [0.717, 1.165) is 0 Å². The van der Waals surface area contributed by atoms with Crippen LogP contribution < -0.4 is 5.32 Å². The molecule has 0 spiro atoms. The highest BCUT2D eigenvalue weighted by Gasteiger charge is 2.33. The highest BCUT2D eigenvalue weighted by atomic mass is 35.5. The number of ether oxygens (including phenoxy) is 1. The Kier molecular flexibility index (Phi) is 3.83. The third-order valence-corrected chi connectivity index (χ3v) is 3.05. The molecular weight excluding hydrogens is 276 g/mol. The van der Waals surface area contributed by atoms with Gasteiger partial charge in [0.05, 0.1) is 11.5 Å². The molecule has 1 aliphatic rings. The van der Waals surface area contributed by atoms with Crippen molar-refractivity contribution in [2.75, 3.05) is 25.1 Å². The molecule has 1 unspecified atom stereocenters. The van der Waals surface area contributed by atoms with Gasteiger partial charge in [-0.2, -0.15) is 4.98 Å². The lowest BCUT2D eigenvalue weighted by molar-refractivity contribution is -0.385. The van der Waals surface area contributed by atoms with Crippen LogP contribution in [0.3, 0.4) is 0 Å². The number of aryl methyl sites for hydroxylation is 1. The number of nitro groups is 1. The van der Waals surface area contributed by atoms with Gasteiger partial charge >= 0.3 is 5.69 Å². The van der Waals surface area contributed by atoms with Gasteiger partial charge in [-0.25, -0.2) is 4.98 Å². The maximum Gasteiger partial charge on any atom is 0.332 e. The number of rotatable bonds is 4. The van der Waals surface area contributed by atoms with E-state index < -0.39 is 10.5 Å². The first-order chi connectivity index (χ1) is 8.91. The average Bonchev–Trinajstić information content (AvgIpc) is 2.72. The topological polar surface area (TPSA) is 110 Å². The average molecular weight is 289 g/mol. The largest absolute Gasteiger partial charge is 0.386 e. The summed E-state index contributed by atoms with van der Waals surface area (Å²) in [6.07, 6.45) is 0.464. The van der Waals surface area contributed by atoms with Crippen molar-refractivity contribution in [1.29, 1.82) is 0 Å². The van der Waals surface area contributed by atoms with E-state index in [1.165, 1.54) is 6.92 Å². The van der Waals surface area contributed by atoms with Gasteiger partial charge in [0.15, 0.2) is 0 Å². The molecule has 8 nitrogen and oxygen atoms in total. The minimum absolute atomic E-state index is 0.00262. The number of nitrogens with zero attached hydrogens (tertiary/aromatic N) is 3. The highest BCUT2D eigenvalue weighted by Crippen LogP contribution is 2.27. The van der Waals surface area contributed by atoms with Crippen molar-refractivity contribution in [2.45, 2.75) is 18.9 Å². The van der Waals surface area contributed by atoms with E-state index in [1.807, 2.05) is 0 Å². The molecule has 0 bridgehead atoms. The minimum atomic E-state index is -1.04. The van der Waals surface area contributed by atoms with E-state index >= 15 is 0 Å². The Morgan fingerprint density at radius 3 is 2.95 bits per heavy atom. The molecule has 0 amide bonds. The van der Waals surface area contributed by atoms with Gasteiger partial charge in [0.2, 0.25) is 11.1 Å². The molecule has 1 saturated heterocycles. The number of hydrogen-bond donors (Lipinski definition) is 2. The fraction of sp³-hybridized carbons (Fsp3) is 0.600. The molecule has 0 radical (unpaired) electrons. The lowest BCUT2D eigenvalue weighted by Gasteiger charge is -2.20. The molecule has 0 aliphatic carbocycles. The van der Waals surface area contributed by atoms with Crippen LogP contribution in [0.1, 0.15) is 12.1 Å². The van der Waals surface area contributed by atoms with Gasteiger partial charge in [0.25, 0.3) is 0 Å². The highest BCUT2D eigenvalue weighted by molar-refractivity contribution is 6.28. The summed E-state index contributed by atoms with van der Waals surface area (Å²) in [4.78, 5) is 17.9. The number of halogens is 1. The van der Waals surface area contributed by atoms with Crippen molar-refractivity contribution in [2.24, 2.45) is 0 Å². The molecular formula is C10H13ClN4O4. The van der Waals surface area contributed by atoms with Crippen molar-refractivity contribution < 1.29 is 14.8 Å². The summed E-state index contributed by atoms with van der Waals surface area (Å²) in [5, 5.41) is 23.7. The molecule has 9 heteroatoms. The van der Waals surface area contributed by atoms with Crippen LogP contribution in [0.15, 0.2) is 0 Å². The number of aliphatic hydroxyl groups is 1. The second-order valence-corrected chi connectivity index (χ2v) is 4.75. The lowest BCUT2D eigenvalue weighted by Crippen LogP contribution is -2.37. The van der Waals surface area contributed by atoms with Gasteiger partial charge in [0.1, 0.15) is 11.3 Å². The Labute approximate surface area is 113 Å². The SMILES string of the molecule is Cc1nc(Cl)nc(NCC2(O)CCOC2)c1[N+](=O)[O-]. The van der Waals surface area contributed by atoms with E-state index in [9.17, 15) is 15.2 Å². The number of hydrogen-bond acceptors (Lipinski definition) is 7. The van der Waals surface area contributed by atoms with Crippen LogP contribution in [-0.4, -0.2) is 45.4 Å². The summed E-state index contributed by atoms with van der Waals surface area (Å²) in [5.74, 6) is 0.00262. The summed E-state index contributed by atoms with van der Waals surface area (Å²) < 4.78 is 5.09. The number of nitrogens with one attached hydrogen (secondary N) is 1. The van der Waals surface area contributed by atoms with Crippen LogP contribution in [0.25, 0.3) is 0 Å². The maximum atomic E-state index is 11.0. The first kappa shape index (κ1) is 13.9. The zero-order valence-corrected chi connectivity index (χ0v) is 11.0. The molecule has 1 aromatic rings. The summed E-state index contributed by atoms with van der Waals surface area (Å²) in [6.45, 7) is 2.22. The summed E-state index contributed by atoms with van der Waals surface area (Å²) in [6, 6.07) is 0. The van der Waals surface area contributed by atoms with E-state index in [1.54, 1.807) is 0 Å². The lowest BCUT2D eigenvalue weighted by atomic mass is 10.0. The predicted octanol–water partition coefficient (Wildman–Crippen LogP) is 0.910. The van der Waals surface area contributed by atoms with Gasteiger partial charge in [-0.15, -0.1) is 0 Å². The normalized spacial score (nSPS) is 22.5. The standard InChI is InChI=1S/C10H13ClN4O4/c1-6-7(15(17)18)8(14-9(11)13-6)12-4-10(16)2-3-19-5-10/h16H,2-5H2,1H3,(H,12,13,14). The second kappa shape index (κ2) is 5.24. The van der Waals surface area contributed by atoms with Crippen molar-refractivity contribution in [3.63, 3.8) is 0 Å². The monoisotopic (exact) mass is 288 g/mol. The third kappa shape index (κ3) is 3.09. The zero-order valence-electron chi connectivity index (χ0n) is 10.2. The molecule has 1 fully saturated rings. The van der Waals surface area contributed by atoms with Gasteiger partial charge < -0.3 is 15.2 Å². The van der Waals surface area contributed by atoms with Gasteiger partial charge in [-0.3, -0.25) is 10.1 Å². The van der Waals surface area contributed by atoms with Crippen molar-refractivity contribution in [3.05, 3.63) is 21.1 Å². The first-order valence-electron chi connectivity index (χ1n) is 5.64. The zero-order chi connectivity index (χ0) is 14.0. The van der Waals surface area contributed by atoms with Crippen molar-refractivity contribution in [3.8, 4) is 0 Å². The predicted molar refractivity (Wildman–Crippen MR) is 67.3 cm³/mol. The maximum absolute atomic E-state index is 11.0. The minimum Gasteiger partial charge on any atom is -0.386 e. The Balaban J connectivity index is 2.21. The van der Waals surface area contributed by atoms with Crippen LogP contribution in [0, 0.1) is 17.0 Å². The number of anilines is 1. The van der Waals surface area contributed by atoms with Gasteiger partial charge in [-0.1, -0.05) is 0 Å². The first-order valence-corrected chi connectivity index (χ1v) is 6.02. The van der Waals surface area contributed by atoms with Crippen LogP contribution in [-0.2, 0) is 4.74 Å². The molecule has 19 heavy (non-hydrogen) atoms. The Bertz CT molecular complexity index is 505. The second-order valence-electron chi connectivity index (χ2n) is 4.41. The van der Waals surface area contributed by atoms with Gasteiger partial charge in [-0.05, 0) is 18.5 Å². The van der Waals surface area contributed by atoms with Crippen LogP contribution in [0.2, 0.25) is 5.28 Å². The van der Waals surface area contributed by atoms with Crippen LogP contribution >= 0.6 is 11.6 Å². The molecule has 1 aliphatic heterocycles. The fourth-order valence-corrected chi connectivity index (χ4v) is 2.07. The summed E-state index contributed by atoms with van der Waals surface area (Å²) >= 11 is 5.68. The Morgan fingerprint density at radius 2 is 2.37 bits per heavy atom. The molecule has 1 atom stereocenters. The molecule has 2 rings (SSSR count). The molecule has 2 N–H and O–H groups in total. The molecule has 0 saturated carbocycles. The van der Waals surface area contributed by atoms with Crippen LogP contribution in [0.4, 0.5) is 11.5 Å². The third-order valence-electron chi connectivity index (χ3n) is 2.88. The number of aromatic nitrogens is 2. The molecule has 0 aromatic carbocycles. The summed E-state index contributed by atoms with van der Waals surface area (Å²) in [5.41, 5.74) is -1.12. The Morgan fingerprint density at radius 1 is 1.63 bits per heavy atom.